The van der Waals surface area contributed by atoms with Gasteiger partial charge < -0.3 is 19.9 Å². The van der Waals surface area contributed by atoms with Crippen LogP contribution in [-0.2, 0) is 30.2 Å². The van der Waals surface area contributed by atoms with Gasteiger partial charge in [-0.15, -0.1) is 0 Å². The van der Waals surface area contributed by atoms with Crippen molar-refractivity contribution >= 4 is 5.97 Å². The number of benzene rings is 2. The quantitative estimate of drug-likeness (QED) is 0.361. The molecule has 0 spiro atoms. The molecule has 0 saturated heterocycles. The summed E-state index contributed by atoms with van der Waals surface area (Å²) in [6.07, 6.45) is -3.04. The van der Waals surface area contributed by atoms with E-state index in [4.69, 9.17) is 14.8 Å². The standard InChI is InChI=1S/C26H22F3N3O4/c1-25(30,24(33)34)12-11-14-7-9-17-16(13-14)8-10-18-20(17)31-36-23(18)21-19(26(27,28)29)22(35-32-21)15-5-3-2-4-6-15/h2-7,9,13H,8,10-12,30H2,1H3,(H,33,34)/t25-/m1/s1. The van der Waals surface area contributed by atoms with E-state index in [-0.39, 0.29) is 23.5 Å². The van der Waals surface area contributed by atoms with E-state index in [1.807, 2.05) is 18.2 Å². The number of halogens is 3. The van der Waals surface area contributed by atoms with Crippen molar-refractivity contribution in [1.82, 2.24) is 10.3 Å². The SMILES string of the molecule is C[C@@](N)(CCc1ccc2c(c1)CCc1c-2noc1-c1noc(-c2ccccc2)c1C(F)(F)F)C(=O)O. The van der Waals surface area contributed by atoms with Crippen LogP contribution in [0, 0.1) is 0 Å². The molecule has 3 N–H and O–H groups in total. The second kappa shape index (κ2) is 8.63. The molecular formula is C26H22F3N3O4. The van der Waals surface area contributed by atoms with Gasteiger partial charge in [-0.25, -0.2) is 0 Å². The van der Waals surface area contributed by atoms with Crippen LogP contribution in [0.3, 0.4) is 0 Å². The molecule has 1 aliphatic carbocycles. The van der Waals surface area contributed by atoms with Crippen LogP contribution >= 0.6 is 0 Å². The fourth-order valence-electron chi connectivity index (χ4n) is 4.44. The highest BCUT2D eigenvalue weighted by Crippen LogP contribution is 2.46. The zero-order valence-corrected chi connectivity index (χ0v) is 19.2. The number of fused-ring (bicyclic) bond motifs is 3. The van der Waals surface area contributed by atoms with Gasteiger partial charge >= 0.3 is 12.1 Å². The highest BCUT2D eigenvalue weighted by molar-refractivity contribution is 5.79. The Morgan fingerprint density at radius 1 is 1.03 bits per heavy atom. The van der Waals surface area contributed by atoms with Gasteiger partial charge in [-0.3, -0.25) is 4.79 Å². The molecule has 0 fully saturated rings. The maximum absolute atomic E-state index is 14.1. The van der Waals surface area contributed by atoms with Crippen molar-refractivity contribution in [3.63, 3.8) is 0 Å². The van der Waals surface area contributed by atoms with Crippen molar-refractivity contribution in [2.45, 2.75) is 44.3 Å². The van der Waals surface area contributed by atoms with Crippen molar-refractivity contribution < 1.29 is 32.1 Å². The smallest absolute Gasteiger partial charge is 0.422 e. The van der Waals surface area contributed by atoms with Crippen molar-refractivity contribution in [3.05, 3.63) is 70.8 Å². The Bertz CT molecular complexity index is 1440. The van der Waals surface area contributed by atoms with Crippen LogP contribution in [0.2, 0.25) is 0 Å². The van der Waals surface area contributed by atoms with Crippen molar-refractivity contribution in [3.8, 4) is 34.0 Å². The Labute approximate surface area is 203 Å². The number of carboxylic acids is 1. The third-order valence-electron chi connectivity index (χ3n) is 6.51. The summed E-state index contributed by atoms with van der Waals surface area (Å²) in [6.45, 7) is 1.47. The predicted molar refractivity (Wildman–Crippen MR) is 124 cm³/mol. The Kier molecular flexibility index (Phi) is 5.71. The number of alkyl halides is 3. The largest absolute Gasteiger partial charge is 0.480 e. The molecule has 0 saturated carbocycles. The molecule has 1 atom stereocenters. The Morgan fingerprint density at radius 2 is 1.72 bits per heavy atom. The van der Waals surface area contributed by atoms with Crippen LogP contribution in [0.4, 0.5) is 13.2 Å². The summed E-state index contributed by atoms with van der Waals surface area (Å²) in [4.78, 5) is 11.3. The second-order valence-corrected chi connectivity index (χ2v) is 9.15. The lowest BCUT2D eigenvalue weighted by atomic mass is 9.86. The van der Waals surface area contributed by atoms with Crippen LogP contribution in [0.1, 0.15) is 35.6 Å². The molecule has 10 heteroatoms. The number of hydrogen-bond donors (Lipinski definition) is 2. The molecule has 36 heavy (non-hydrogen) atoms. The molecule has 0 radical (unpaired) electrons. The first-order chi connectivity index (χ1) is 17.1. The molecule has 5 rings (SSSR count). The predicted octanol–water partition coefficient (Wildman–Crippen LogP) is 5.52. The van der Waals surface area contributed by atoms with Gasteiger partial charge in [0.2, 0.25) is 0 Å². The van der Waals surface area contributed by atoms with Crippen LogP contribution in [0.15, 0.2) is 57.6 Å². The van der Waals surface area contributed by atoms with Crippen molar-refractivity contribution in [2.24, 2.45) is 5.73 Å². The number of aryl methyl sites for hydroxylation is 2. The second-order valence-electron chi connectivity index (χ2n) is 9.15. The van der Waals surface area contributed by atoms with Gasteiger partial charge in [-0.2, -0.15) is 13.2 Å². The third kappa shape index (κ3) is 4.17. The van der Waals surface area contributed by atoms with Gasteiger partial charge in [0.25, 0.3) is 0 Å². The van der Waals surface area contributed by atoms with Crippen LogP contribution in [0.5, 0.6) is 0 Å². The van der Waals surface area contributed by atoms with E-state index in [2.05, 4.69) is 10.3 Å². The highest BCUT2D eigenvalue weighted by Gasteiger charge is 2.43. The molecule has 0 bridgehead atoms. The molecular weight excluding hydrogens is 475 g/mol. The Morgan fingerprint density at radius 3 is 2.42 bits per heavy atom. The summed E-state index contributed by atoms with van der Waals surface area (Å²) in [6, 6.07) is 13.6. The number of carbonyl (C=O) groups is 1. The first-order valence-electron chi connectivity index (χ1n) is 11.3. The van der Waals surface area contributed by atoms with E-state index in [9.17, 15) is 23.1 Å². The molecule has 2 heterocycles. The summed E-state index contributed by atoms with van der Waals surface area (Å²) in [7, 11) is 0. The molecule has 1 aliphatic rings. The Hall–Kier alpha value is -3.92. The number of hydrogen-bond acceptors (Lipinski definition) is 6. The van der Waals surface area contributed by atoms with Gasteiger partial charge in [-0.1, -0.05) is 58.8 Å². The molecule has 4 aromatic rings. The third-order valence-corrected chi connectivity index (χ3v) is 6.51. The number of aromatic nitrogens is 2. The van der Waals surface area contributed by atoms with Gasteiger partial charge in [0.15, 0.2) is 17.2 Å². The lowest BCUT2D eigenvalue weighted by molar-refractivity contribution is -0.143. The maximum atomic E-state index is 14.1. The van der Waals surface area contributed by atoms with Crippen LogP contribution in [-0.4, -0.2) is 26.9 Å². The molecule has 186 valence electrons. The van der Waals surface area contributed by atoms with Gasteiger partial charge in [0.1, 0.15) is 16.8 Å². The number of aliphatic carboxylic acids is 1. The minimum atomic E-state index is -4.73. The van der Waals surface area contributed by atoms with Crippen molar-refractivity contribution in [2.75, 3.05) is 0 Å². The van der Waals surface area contributed by atoms with Gasteiger partial charge in [0.05, 0.1) is 0 Å². The zero-order valence-electron chi connectivity index (χ0n) is 19.2. The summed E-state index contributed by atoms with van der Waals surface area (Å²) >= 11 is 0. The lowest BCUT2D eigenvalue weighted by Crippen LogP contribution is -2.45. The highest BCUT2D eigenvalue weighted by atomic mass is 19.4. The summed E-state index contributed by atoms with van der Waals surface area (Å²) in [5.74, 6) is -1.50. The number of nitrogens with two attached hydrogens (primary N) is 1. The minimum absolute atomic E-state index is 0.0571. The minimum Gasteiger partial charge on any atom is -0.480 e. The maximum Gasteiger partial charge on any atom is 0.422 e. The lowest BCUT2D eigenvalue weighted by Gasteiger charge is -2.20. The Balaban J connectivity index is 1.51. The topological polar surface area (TPSA) is 115 Å². The number of nitrogens with zero attached hydrogens (tertiary/aromatic N) is 2. The van der Waals surface area contributed by atoms with Crippen molar-refractivity contribution in [1.29, 1.82) is 0 Å². The average molecular weight is 497 g/mol. The van der Waals surface area contributed by atoms with Gasteiger partial charge in [-0.05, 0) is 43.7 Å². The fraction of sp³-hybridized carbons (Fsp3) is 0.269. The van der Waals surface area contributed by atoms with E-state index >= 15 is 0 Å². The molecule has 7 nitrogen and oxygen atoms in total. The first-order valence-corrected chi connectivity index (χ1v) is 11.3. The summed E-state index contributed by atoms with van der Waals surface area (Å²) < 4.78 is 53.0. The number of carboxylic acid groups (broad SMARTS) is 1. The molecule has 0 amide bonds. The normalized spacial score (nSPS) is 14.7. The van der Waals surface area contributed by atoms with Gasteiger partial charge in [0, 0.05) is 16.7 Å². The van der Waals surface area contributed by atoms with Crippen LogP contribution in [0.25, 0.3) is 34.0 Å². The van der Waals surface area contributed by atoms with E-state index in [1.165, 1.54) is 19.1 Å². The number of rotatable bonds is 6. The monoisotopic (exact) mass is 497 g/mol. The fourth-order valence-corrected chi connectivity index (χ4v) is 4.44. The molecule has 0 aliphatic heterocycles. The van der Waals surface area contributed by atoms with E-state index in [0.29, 0.717) is 30.5 Å². The molecule has 2 aromatic heterocycles. The van der Waals surface area contributed by atoms with E-state index in [0.717, 1.165) is 16.7 Å². The first kappa shape index (κ1) is 23.8. The van der Waals surface area contributed by atoms with E-state index in [1.54, 1.807) is 18.2 Å². The average Bonchev–Trinajstić information content (AvgIpc) is 3.47. The van der Waals surface area contributed by atoms with E-state index < -0.39 is 28.9 Å². The molecule has 2 aromatic carbocycles. The van der Waals surface area contributed by atoms with Crippen LogP contribution < -0.4 is 5.73 Å². The summed E-state index contributed by atoms with van der Waals surface area (Å²) in [5.41, 5.74) is 6.95. The summed E-state index contributed by atoms with van der Waals surface area (Å²) in [5, 5.41) is 17.1. The molecule has 0 unspecified atom stereocenters. The zero-order chi connectivity index (χ0) is 25.7.